The Hall–Kier alpha value is -1.31. The Balaban J connectivity index is 2.55. The fourth-order valence-corrected chi connectivity index (χ4v) is 2.56. The Kier molecular flexibility index (Phi) is 3.00. The van der Waals surface area contributed by atoms with Crippen molar-refractivity contribution in [1.82, 2.24) is 0 Å². The molecular formula is C10H7BBrF3NO2-. The van der Waals surface area contributed by atoms with Gasteiger partial charge in [0.1, 0.15) is 0 Å². The maximum Gasteiger partial charge on any atom is 0.497 e. The van der Waals surface area contributed by atoms with E-state index in [9.17, 15) is 22.5 Å². The van der Waals surface area contributed by atoms with Gasteiger partial charge in [-0.3, -0.25) is 9.59 Å². The molecule has 96 valence electrons. The second-order valence-electron chi connectivity index (χ2n) is 4.07. The highest BCUT2D eigenvalue weighted by Crippen LogP contribution is 2.35. The van der Waals surface area contributed by atoms with E-state index >= 15 is 0 Å². The number of nitrogens with zero attached hydrogens (tertiary/aromatic N) is 1. The molecule has 1 aromatic carbocycles. The molecule has 3 nitrogen and oxygen atoms in total. The number of ketones is 1. The molecule has 1 aliphatic heterocycles. The van der Waals surface area contributed by atoms with Crippen LogP contribution in [-0.2, 0) is 4.79 Å². The minimum absolute atomic E-state index is 0.0203. The van der Waals surface area contributed by atoms with E-state index in [2.05, 4.69) is 15.9 Å². The lowest BCUT2D eigenvalue weighted by Gasteiger charge is -2.24. The van der Waals surface area contributed by atoms with Gasteiger partial charge in [0.2, 0.25) is 0 Å². The van der Waals surface area contributed by atoms with E-state index in [4.69, 9.17) is 0 Å². The van der Waals surface area contributed by atoms with Gasteiger partial charge in [0.25, 0.3) is 11.7 Å². The molecule has 0 fully saturated rings. The van der Waals surface area contributed by atoms with Crippen molar-refractivity contribution in [2.24, 2.45) is 0 Å². The third-order valence-corrected chi connectivity index (χ3v) is 3.07. The number of halogens is 4. The average molecular weight is 321 g/mol. The fraction of sp³-hybridized carbons (Fsp3) is 0.200. The Morgan fingerprint density at radius 3 is 2.44 bits per heavy atom. The monoisotopic (exact) mass is 320 g/mol. The summed E-state index contributed by atoms with van der Waals surface area (Å²) in [6.45, 7) is -3.62. The SMILES string of the molecule is Cc1cc(Br)cc2c1N(C[B-](F)(F)F)C(=O)C2=O. The molecule has 1 amide bonds. The van der Waals surface area contributed by atoms with Gasteiger partial charge in [-0.05, 0) is 31.1 Å². The summed E-state index contributed by atoms with van der Waals surface area (Å²) < 4.78 is 37.9. The second kappa shape index (κ2) is 4.12. The summed E-state index contributed by atoms with van der Waals surface area (Å²) in [5.41, 5.74) is 0.540. The Labute approximate surface area is 109 Å². The molecule has 0 N–H and O–H groups in total. The van der Waals surface area contributed by atoms with Crippen molar-refractivity contribution >= 4 is 40.3 Å². The van der Waals surface area contributed by atoms with Crippen molar-refractivity contribution in [2.45, 2.75) is 6.92 Å². The zero-order chi connectivity index (χ0) is 13.7. The van der Waals surface area contributed by atoms with E-state index in [1.807, 2.05) is 0 Å². The lowest BCUT2D eigenvalue weighted by atomic mass is 9.91. The van der Waals surface area contributed by atoms with Gasteiger partial charge in [-0.1, -0.05) is 15.9 Å². The number of hydrogen-bond donors (Lipinski definition) is 0. The van der Waals surface area contributed by atoms with Crippen LogP contribution in [0.2, 0.25) is 0 Å². The second-order valence-corrected chi connectivity index (χ2v) is 4.99. The van der Waals surface area contributed by atoms with E-state index in [0.717, 1.165) is 0 Å². The molecule has 0 radical (unpaired) electrons. The summed E-state index contributed by atoms with van der Waals surface area (Å²) in [6.07, 6.45) is -1.39. The first kappa shape index (κ1) is 13.1. The molecule has 0 saturated carbocycles. The molecule has 0 aliphatic carbocycles. The van der Waals surface area contributed by atoms with E-state index < -0.39 is 25.1 Å². The van der Waals surface area contributed by atoms with Gasteiger partial charge >= 0.3 is 6.98 Å². The van der Waals surface area contributed by atoms with Crippen molar-refractivity contribution in [2.75, 3.05) is 11.3 Å². The summed E-state index contributed by atoms with van der Waals surface area (Å²) in [6, 6.07) is 2.94. The van der Waals surface area contributed by atoms with Gasteiger partial charge in [0.05, 0.1) is 11.3 Å². The molecule has 1 heterocycles. The van der Waals surface area contributed by atoms with Crippen LogP contribution in [-0.4, -0.2) is 25.1 Å². The Morgan fingerprint density at radius 1 is 1.28 bits per heavy atom. The Bertz CT molecular complexity index is 559. The maximum atomic E-state index is 12.5. The third kappa shape index (κ3) is 2.16. The number of rotatable bonds is 2. The number of carbonyl (C=O) groups excluding carboxylic acids is 2. The standard InChI is InChI=1S/C10H7BBrF3NO2/c1-5-2-6(12)3-7-8(5)16(4-11(13,14)15)10(18)9(7)17/h2-3H,4H2,1H3/q-1. The van der Waals surface area contributed by atoms with Crippen LogP contribution in [0.15, 0.2) is 16.6 Å². The van der Waals surface area contributed by atoms with Gasteiger partial charge in [-0.15, -0.1) is 0 Å². The summed E-state index contributed by atoms with van der Waals surface area (Å²) in [7, 11) is 0. The summed E-state index contributed by atoms with van der Waals surface area (Å²) in [5.74, 6) is -2.01. The highest BCUT2D eigenvalue weighted by atomic mass is 79.9. The number of benzene rings is 1. The van der Waals surface area contributed by atoms with Gasteiger partial charge < -0.3 is 17.8 Å². The van der Waals surface area contributed by atoms with Crippen molar-refractivity contribution in [3.8, 4) is 0 Å². The molecule has 0 saturated heterocycles. The minimum atomic E-state index is -5.18. The van der Waals surface area contributed by atoms with E-state index in [0.29, 0.717) is 14.9 Å². The van der Waals surface area contributed by atoms with Crippen LogP contribution < -0.4 is 4.90 Å². The molecule has 18 heavy (non-hydrogen) atoms. The third-order valence-electron chi connectivity index (χ3n) is 2.61. The summed E-state index contributed by atoms with van der Waals surface area (Å²) in [5, 5.41) is 0. The van der Waals surface area contributed by atoms with Crippen molar-refractivity contribution < 1.29 is 22.5 Å². The predicted molar refractivity (Wildman–Crippen MR) is 64.6 cm³/mol. The number of anilines is 1. The molecule has 0 unspecified atom stereocenters. The van der Waals surface area contributed by atoms with Gasteiger partial charge in [0, 0.05) is 4.47 Å². The van der Waals surface area contributed by atoms with Crippen LogP contribution >= 0.6 is 15.9 Å². The first-order valence-electron chi connectivity index (χ1n) is 5.08. The van der Waals surface area contributed by atoms with Crippen LogP contribution in [0.3, 0.4) is 0 Å². The van der Waals surface area contributed by atoms with E-state index in [1.54, 1.807) is 13.0 Å². The number of carbonyl (C=O) groups is 2. The zero-order valence-electron chi connectivity index (χ0n) is 9.21. The van der Waals surface area contributed by atoms with Crippen LogP contribution in [0.4, 0.5) is 18.6 Å². The minimum Gasteiger partial charge on any atom is -0.448 e. The number of aryl methyl sites for hydroxylation is 1. The van der Waals surface area contributed by atoms with E-state index in [-0.39, 0.29) is 11.3 Å². The normalized spacial score (nSPS) is 15.3. The molecule has 1 aromatic rings. The highest BCUT2D eigenvalue weighted by molar-refractivity contribution is 9.10. The van der Waals surface area contributed by atoms with Gasteiger partial charge in [-0.25, -0.2) is 0 Å². The Morgan fingerprint density at radius 2 is 1.89 bits per heavy atom. The first-order chi connectivity index (χ1) is 8.20. The number of amides is 1. The summed E-state index contributed by atoms with van der Waals surface area (Å²) in [4.78, 5) is 23.7. The highest BCUT2D eigenvalue weighted by Gasteiger charge is 2.40. The van der Waals surface area contributed by atoms with Crippen LogP contribution in [0.1, 0.15) is 15.9 Å². The number of fused-ring (bicyclic) bond motifs is 1. The summed E-state index contributed by atoms with van der Waals surface area (Å²) >= 11 is 3.14. The molecule has 0 atom stereocenters. The van der Waals surface area contributed by atoms with Crippen LogP contribution in [0.5, 0.6) is 0 Å². The lowest BCUT2D eigenvalue weighted by molar-refractivity contribution is -0.114. The van der Waals surface area contributed by atoms with Gasteiger partial charge in [-0.2, -0.15) is 0 Å². The molecule has 2 rings (SSSR count). The quantitative estimate of drug-likeness (QED) is 0.620. The van der Waals surface area contributed by atoms with Gasteiger partial charge in [0.15, 0.2) is 0 Å². The molecule has 1 aliphatic rings. The number of Topliss-reactive ketones (excluding diaryl/α,β-unsaturated/α-hetero) is 1. The average Bonchev–Trinajstić information content (AvgIpc) is 2.42. The molecule has 0 spiro atoms. The molecule has 8 heteroatoms. The molecule has 0 bridgehead atoms. The van der Waals surface area contributed by atoms with Crippen molar-refractivity contribution in [3.63, 3.8) is 0 Å². The predicted octanol–water partition coefficient (Wildman–Crippen LogP) is 2.67. The van der Waals surface area contributed by atoms with Crippen molar-refractivity contribution in [3.05, 3.63) is 27.7 Å². The first-order valence-corrected chi connectivity index (χ1v) is 5.87. The fourth-order valence-electron chi connectivity index (χ4n) is 1.99. The number of hydrogen-bond acceptors (Lipinski definition) is 2. The largest absolute Gasteiger partial charge is 0.497 e. The van der Waals surface area contributed by atoms with Crippen LogP contribution in [0.25, 0.3) is 0 Å². The molecular weight excluding hydrogens is 314 g/mol. The smallest absolute Gasteiger partial charge is 0.448 e. The zero-order valence-corrected chi connectivity index (χ0v) is 10.8. The molecule has 0 aromatic heterocycles. The van der Waals surface area contributed by atoms with Crippen LogP contribution in [0, 0.1) is 6.92 Å². The van der Waals surface area contributed by atoms with Crippen molar-refractivity contribution in [1.29, 1.82) is 0 Å². The maximum absolute atomic E-state index is 12.5. The topological polar surface area (TPSA) is 37.4 Å². The lowest BCUT2D eigenvalue weighted by Crippen LogP contribution is -2.41. The van der Waals surface area contributed by atoms with E-state index in [1.165, 1.54) is 6.07 Å².